The van der Waals surface area contributed by atoms with Gasteiger partial charge in [-0.3, -0.25) is 14.8 Å². The summed E-state index contributed by atoms with van der Waals surface area (Å²) in [6.45, 7) is 3.06. The molecule has 1 aliphatic rings. The summed E-state index contributed by atoms with van der Waals surface area (Å²) in [4.78, 5) is 24.0. The summed E-state index contributed by atoms with van der Waals surface area (Å²) in [5.74, 6) is 4.99. The second-order valence-corrected chi connectivity index (χ2v) is 6.82. The molecule has 0 aromatic heterocycles. The molecule has 0 radical (unpaired) electrons. The Morgan fingerprint density at radius 3 is 2.37 bits per heavy atom. The molecule has 1 unspecified atom stereocenters. The van der Waals surface area contributed by atoms with Crippen LogP contribution in [0.5, 0.6) is 0 Å². The van der Waals surface area contributed by atoms with Crippen molar-refractivity contribution in [2.24, 2.45) is 11.7 Å². The number of carbonyl (C=O) groups is 2. The van der Waals surface area contributed by atoms with Crippen molar-refractivity contribution in [2.45, 2.75) is 37.8 Å². The van der Waals surface area contributed by atoms with Crippen molar-refractivity contribution in [1.29, 1.82) is 0 Å². The summed E-state index contributed by atoms with van der Waals surface area (Å²) in [5.41, 5.74) is 7.02. The number of carbonyl (C=O) groups excluding carboxylic acids is 2. The van der Waals surface area contributed by atoms with Crippen LogP contribution in [0.15, 0.2) is 24.3 Å². The number of nitrogens with one attached hydrogen (secondary N) is 2. The Kier molecular flexibility index (Phi) is 5.85. The van der Waals surface area contributed by atoms with Crippen LogP contribution in [0.25, 0.3) is 0 Å². The van der Waals surface area contributed by atoms with Gasteiger partial charge in [0.15, 0.2) is 0 Å². The highest BCUT2D eigenvalue weighted by molar-refractivity contribution is 5.97. The predicted molar refractivity (Wildman–Crippen MR) is 93.6 cm³/mol. The zero-order valence-electron chi connectivity index (χ0n) is 14.8. The molecule has 1 saturated carbocycles. The first-order valence-electron chi connectivity index (χ1n) is 8.08. The SMILES string of the molecule is CC(C)(N)[C@H](NC(=O)c1ccc(C#CC#CC2CC2(F)F)cc1)C(=O)NO. The van der Waals surface area contributed by atoms with Gasteiger partial charge < -0.3 is 11.1 Å². The van der Waals surface area contributed by atoms with Crippen LogP contribution in [-0.2, 0) is 4.79 Å². The van der Waals surface area contributed by atoms with Crippen molar-refractivity contribution in [3.05, 3.63) is 35.4 Å². The van der Waals surface area contributed by atoms with Crippen LogP contribution in [0, 0.1) is 29.6 Å². The van der Waals surface area contributed by atoms with Crippen molar-refractivity contribution in [3.63, 3.8) is 0 Å². The highest BCUT2D eigenvalue weighted by Crippen LogP contribution is 2.47. The van der Waals surface area contributed by atoms with E-state index in [0.29, 0.717) is 5.56 Å². The number of hydrogen-bond acceptors (Lipinski definition) is 4. The Labute approximate surface area is 155 Å². The fourth-order valence-corrected chi connectivity index (χ4v) is 2.17. The van der Waals surface area contributed by atoms with Crippen molar-refractivity contribution >= 4 is 11.8 Å². The van der Waals surface area contributed by atoms with Gasteiger partial charge in [0.05, 0.1) is 5.92 Å². The number of alkyl halides is 2. The van der Waals surface area contributed by atoms with Gasteiger partial charge >= 0.3 is 0 Å². The molecule has 142 valence electrons. The van der Waals surface area contributed by atoms with Gasteiger partial charge in [-0.2, -0.15) is 0 Å². The Bertz CT molecular complexity index is 853. The van der Waals surface area contributed by atoms with E-state index in [-0.39, 0.29) is 12.0 Å². The van der Waals surface area contributed by atoms with Crippen LogP contribution in [0.2, 0.25) is 0 Å². The third-order valence-electron chi connectivity index (χ3n) is 3.88. The van der Waals surface area contributed by atoms with E-state index < -0.39 is 35.2 Å². The molecule has 2 atom stereocenters. The standard InChI is InChI=1S/C19H19F2N3O3/c1-18(2,22)15(17(26)24-27)23-16(25)13-9-7-12(8-10-13)5-3-4-6-14-11-19(14,20)21/h7-10,14-15,27H,11,22H2,1-2H3,(H,23,25)(H,24,26)/t14?,15-/m1/s1. The summed E-state index contributed by atoms with van der Waals surface area (Å²) in [6, 6.07) is 4.94. The second-order valence-electron chi connectivity index (χ2n) is 6.82. The van der Waals surface area contributed by atoms with Gasteiger partial charge in [0.2, 0.25) is 0 Å². The maximum absolute atomic E-state index is 12.7. The Balaban J connectivity index is 2.02. The summed E-state index contributed by atoms with van der Waals surface area (Å²) < 4.78 is 25.3. The first-order chi connectivity index (χ1) is 12.5. The summed E-state index contributed by atoms with van der Waals surface area (Å²) in [7, 11) is 0. The fraction of sp³-hybridized carbons (Fsp3) is 0.368. The molecule has 5 N–H and O–H groups in total. The third kappa shape index (κ3) is 5.52. The van der Waals surface area contributed by atoms with E-state index in [4.69, 9.17) is 10.9 Å². The molecule has 2 rings (SSSR count). The Morgan fingerprint density at radius 2 is 1.89 bits per heavy atom. The van der Waals surface area contributed by atoms with Crippen molar-refractivity contribution in [1.82, 2.24) is 10.8 Å². The molecular weight excluding hydrogens is 356 g/mol. The molecule has 0 spiro atoms. The first kappa shape index (κ1) is 20.4. The molecule has 0 saturated heterocycles. The van der Waals surface area contributed by atoms with Gasteiger partial charge in [-0.05, 0) is 50.0 Å². The minimum atomic E-state index is -2.69. The molecular formula is C19H19F2N3O3. The van der Waals surface area contributed by atoms with E-state index in [1.165, 1.54) is 31.5 Å². The van der Waals surface area contributed by atoms with Crippen molar-refractivity contribution in [2.75, 3.05) is 0 Å². The van der Waals surface area contributed by atoms with E-state index in [9.17, 15) is 18.4 Å². The largest absolute Gasteiger partial charge is 0.338 e. The quantitative estimate of drug-likeness (QED) is 0.359. The lowest BCUT2D eigenvalue weighted by Crippen LogP contribution is -2.61. The van der Waals surface area contributed by atoms with E-state index >= 15 is 0 Å². The summed E-state index contributed by atoms with van der Waals surface area (Å²) >= 11 is 0. The minimum absolute atomic E-state index is 0.222. The van der Waals surface area contributed by atoms with E-state index in [1.54, 1.807) is 12.1 Å². The number of hydroxylamine groups is 1. The molecule has 1 aromatic rings. The molecule has 27 heavy (non-hydrogen) atoms. The zero-order valence-corrected chi connectivity index (χ0v) is 14.8. The van der Waals surface area contributed by atoms with Gasteiger partial charge in [-0.25, -0.2) is 14.3 Å². The molecule has 2 amide bonds. The maximum atomic E-state index is 12.7. The van der Waals surface area contributed by atoms with Crippen molar-refractivity contribution < 1.29 is 23.6 Å². The molecule has 8 heteroatoms. The number of rotatable bonds is 4. The third-order valence-corrected chi connectivity index (χ3v) is 3.88. The van der Waals surface area contributed by atoms with Gasteiger partial charge in [-0.1, -0.05) is 11.8 Å². The molecule has 1 aromatic carbocycles. The lowest BCUT2D eigenvalue weighted by Gasteiger charge is -2.29. The molecule has 1 aliphatic carbocycles. The molecule has 0 heterocycles. The van der Waals surface area contributed by atoms with Crippen LogP contribution in [0.1, 0.15) is 36.2 Å². The summed E-state index contributed by atoms with van der Waals surface area (Å²) in [6.07, 6.45) is -0.222. The summed E-state index contributed by atoms with van der Waals surface area (Å²) in [5, 5.41) is 11.2. The molecule has 6 nitrogen and oxygen atoms in total. The maximum Gasteiger partial charge on any atom is 0.267 e. The van der Waals surface area contributed by atoms with Gasteiger partial charge in [0, 0.05) is 23.1 Å². The minimum Gasteiger partial charge on any atom is -0.338 e. The van der Waals surface area contributed by atoms with E-state index in [2.05, 4.69) is 29.0 Å². The highest BCUT2D eigenvalue weighted by atomic mass is 19.3. The smallest absolute Gasteiger partial charge is 0.267 e. The van der Waals surface area contributed by atoms with E-state index in [1.807, 2.05) is 0 Å². The lowest BCUT2D eigenvalue weighted by molar-refractivity contribution is -0.132. The average molecular weight is 375 g/mol. The lowest BCUT2D eigenvalue weighted by atomic mass is 9.95. The molecule has 0 bridgehead atoms. The highest BCUT2D eigenvalue weighted by Gasteiger charge is 2.56. The predicted octanol–water partition coefficient (Wildman–Crippen LogP) is 1.04. The monoisotopic (exact) mass is 375 g/mol. The second kappa shape index (κ2) is 7.75. The number of nitrogens with two attached hydrogens (primary N) is 1. The van der Waals surface area contributed by atoms with E-state index in [0.717, 1.165) is 0 Å². The van der Waals surface area contributed by atoms with Crippen LogP contribution in [-0.4, -0.2) is 34.5 Å². The van der Waals surface area contributed by atoms with Crippen molar-refractivity contribution in [3.8, 4) is 23.7 Å². The Hall–Kier alpha value is -2.94. The average Bonchev–Trinajstić information content (AvgIpc) is 3.22. The number of hydrogen-bond donors (Lipinski definition) is 4. The van der Waals surface area contributed by atoms with Crippen LogP contribution in [0.3, 0.4) is 0 Å². The van der Waals surface area contributed by atoms with Gasteiger partial charge in [-0.15, -0.1) is 0 Å². The topological polar surface area (TPSA) is 104 Å². The first-order valence-corrected chi connectivity index (χ1v) is 8.08. The van der Waals surface area contributed by atoms with Gasteiger partial charge in [0.1, 0.15) is 6.04 Å². The van der Waals surface area contributed by atoms with Gasteiger partial charge in [0.25, 0.3) is 17.7 Å². The number of amides is 2. The number of halogens is 2. The normalized spacial score (nSPS) is 18.1. The Morgan fingerprint density at radius 1 is 1.30 bits per heavy atom. The number of benzene rings is 1. The fourth-order valence-electron chi connectivity index (χ4n) is 2.17. The molecule has 1 fully saturated rings. The van der Waals surface area contributed by atoms with Crippen LogP contribution in [0.4, 0.5) is 8.78 Å². The molecule has 0 aliphatic heterocycles. The van der Waals surface area contributed by atoms with Crippen LogP contribution >= 0.6 is 0 Å². The zero-order chi connectivity index (χ0) is 20.2. The van der Waals surface area contributed by atoms with Crippen LogP contribution < -0.4 is 16.5 Å².